The third kappa shape index (κ3) is 3.32. The van der Waals surface area contributed by atoms with E-state index < -0.39 is 0 Å². The number of hydrogen-bond donors (Lipinski definition) is 0. The second-order valence-electron chi connectivity index (χ2n) is 5.45. The van der Waals surface area contributed by atoms with Crippen LogP contribution >= 0.6 is 0 Å². The quantitative estimate of drug-likeness (QED) is 0.579. The van der Waals surface area contributed by atoms with Crippen molar-refractivity contribution in [3.8, 4) is 0 Å². The van der Waals surface area contributed by atoms with Gasteiger partial charge in [0, 0.05) is 0 Å². The topological polar surface area (TPSA) is 0 Å². The van der Waals surface area contributed by atoms with Gasteiger partial charge in [-0.25, -0.2) is 0 Å². The molecule has 0 aliphatic carbocycles. The third-order valence-electron chi connectivity index (χ3n) is 4.11. The minimum Gasteiger partial charge on any atom is -0.0651 e. The summed E-state index contributed by atoms with van der Waals surface area (Å²) >= 11 is 0. The zero-order valence-electron chi connectivity index (χ0n) is 10.6. The van der Waals surface area contributed by atoms with Crippen LogP contribution in [0.1, 0.15) is 61.3 Å². The van der Waals surface area contributed by atoms with Crippen LogP contribution in [0.3, 0.4) is 0 Å². The third-order valence-corrected chi connectivity index (χ3v) is 4.11. The molecular formula is C13H28. The fourth-order valence-electron chi connectivity index (χ4n) is 2.30. The highest BCUT2D eigenvalue weighted by Gasteiger charge is 2.30. The van der Waals surface area contributed by atoms with Gasteiger partial charge in [-0.2, -0.15) is 0 Å². The van der Waals surface area contributed by atoms with Gasteiger partial charge < -0.3 is 0 Å². The van der Waals surface area contributed by atoms with Crippen molar-refractivity contribution in [3.63, 3.8) is 0 Å². The van der Waals surface area contributed by atoms with E-state index in [0.29, 0.717) is 5.41 Å². The van der Waals surface area contributed by atoms with Crippen LogP contribution in [0, 0.1) is 23.2 Å². The van der Waals surface area contributed by atoms with Crippen LogP contribution in [-0.2, 0) is 0 Å². The maximum absolute atomic E-state index is 2.43. The lowest BCUT2D eigenvalue weighted by molar-refractivity contribution is 0.114. The second-order valence-corrected chi connectivity index (χ2v) is 5.45. The summed E-state index contributed by atoms with van der Waals surface area (Å²) in [6, 6.07) is 0. The standard InChI is InChI=1S/C13H28/c1-8-12(10(3)4)11(5)13(6,7)9-2/h10-12H,8-9H2,1-7H3. The lowest BCUT2D eigenvalue weighted by atomic mass is 9.67. The Hall–Kier alpha value is 0. The summed E-state index contributed by atoms with van der Waals surface area (Å²) in [6.07, 6.45) is 2.61. The Morgan fingerprint density at radius 1 is 1.00 bits per heavy atom. The van der Waals surface area contributed by atoms with E-state index in [2.05, 4.69) is 48.5 Å². The molecular weight excluding hydrogens is 156 g/mol. The Kier molecular flexibility index (Phi) is 5.02. The van der Waals surface area contributed by atoms with Gasteiger partial charge >= 0.3 is 0 Å². The molecule has 0 aromatic rings. The summed E-state index contributed by atoms with van der Waals surface area (Å²) in [5, 5.41) is 0. The van der Waals surface area contributed by atoms with Crippen LogP contribution in [0.15, 0.2) is 0 Å². The average molecular weight is 184 g/mol. The molecule has 0 nitrogen and oxygen atoms in total. The molecule has 0 saturated heterocycles. The molecule has 0 aliphatic rings. The fourth-order valence-corrected chi connectivity index (χ4v) is 2.30. The molecule has 13 heavy (non-hydrogen) atoms. The Labute approximate surface area is 85.1 Å². The highest BCUT2D eigenvalue weighted by Crippen LogP contribution is 2.39. The molecule has 0 heterocycles. The van der Waals surface area contributed by atoms with Gasteiger partial charge in [-0.1, -0.05) is 61.3 Å². The molecule has 2 unspecified atom stereocenters. The van der Waals surface area contributed by atoms with E-state index in [1.165, 1.54) is 12.8 Å². The Morgan fingerprint density at radius 3 is 1.69 bits per heavy atom. The van der Waals surface area contributed by atoms with E-state index in [-0.39, 0.29) is 0 Å². The highest BCUT2D eigenvalue weighted by atomic mass is 14.4. The summed E-state index contributed by atoms with van der Waals surface area (Å²) in [6.45, 7) is 16.6. The van der Waals surface area contributed by atoms with Crippen LogP contribution in [0.25, 0.3) is 0 Å². The molecule has 0 rings (SSSR count). The minimum atomic E-state index is 0.505. The maximum atomic E-state index is 2.43. The molecule has 0 spiro atoms. The van der Waals surface area contributed by atoms with Crippen molar-refractivity contribution in [1.29, 1.82) is 0 Å². The maximum Gasteiger partial charge on any atom is -0.0328 e. The molecule has 0 radical (unpaired) electrons. The molecule has 0 aliphatic heterocycles. The first kappa shape index (κ1) is 13.0. The van der Waals surface area contributed by atoms with Crippen LogP contribution in [0.5, 0.6) is 0 Å². The first-order valence-electron chi connectivity index (χ1n) is 5.86. The van der Waals surface area contributed by atoms with Gasteiger partial charge in [-0.3, -0.25) is 0 Å². The zero-order valence-corrected chi connectivity index (χ0v) is 10.6. The molecule has 0 aromatic carbocycles. The van der Waals surface area contributed by atoms with E-state index >= 15 is 0 Å². The Morgan fingerprint density at radius 2 is 1.46 bits per heavy atom. The van der Waals surface area contributed by atoms with Crippen molar-refractivity contribution in [2.45, 2.75) is 61.3 Å². The van der Waals surface area contributed by atoms with Crippen LogP contribution in [0.2, 0.25) is 0 Å². The summed E-state index contributed by atoms with van der Waals surface area (Å²) < 4.78 is 0. The lowest BCUT2D eigenvalue weighted by Crippen LogP contribution is -2.30. The number of hydrogen-bond acceptors (Lipinski definition) is 0. The van der Waals surface area contributed by atoms with Gasteiger partial charge in [0.1, 0.15) is 0 Å². The molecule has 0 fully saturated rings. The van der Waals surface area contributed by atoms with Gasteiger partial charge in [-0.15, -0.1) is 0 Å². The van der Waals surface area contributed by atoms with E-state index in [4.69, 9.17) is 0 Å². The van der Waals surface area contributed by atoms with Crippen molar-refractivity contribution in [2.75, 3.05) is 0 Å². The smallest absolute Gasteiger partial charge is 0.0328 e. The van der Waals surface area contributed by atoms with E-state index in [9.17, 15) is 0 Å². The van der Waals surface area contributed by atoms with Crippen LogP contribution in [-0.4, -0.2) is 0 Å². The van der Waals surface area contributed by atoms with Gasteiger partial charge in [0.15, 0.2) is 0 Å². The van der Waals surface area contributed by atoms with Crippen LogP contribution < -0.4 is 0 Å². The highest BCUT2D eigenvalue weighted by molar-refractivity contribution is 4.80. The number of rotatable bonds is 5. The van der Waals surface area contributed by atoms with Crippen molar-refractivity contribution >= 4 is 0 Å². The van der Waals surface area contributed by atoms with Crippen LogP contribution in [0.4, 0.5) is 0 Å². The van der Waals surface area contributed by atoms with E-state index in [1.54, 1.807) is 0 Å². The summed E-state index contributed by atoms with van der Waals surface area (Å²) in [4.78, 5) is 0. The minimum absolute atomic E-state index is 0.505. The predicted molar refractivity (Wildman–Crippen MR) is 61.9 cm³/mol. The molecule has 0 saturated carbocycles. The van der Waals surface area contributed by atoms with Gasteiger partial charge in [0.25, 0.3) is 0 Å². The monoisotopic (exact) mass is 184 g/mol. The fraction of sp³-hybridized carbons (Fsp3) is 1.00. The molecule has 0 N–H and O–H groups in total. The van der Waals surface area contributed by atoms with Crippen molar-refractivity contribution < 1.29 is 0 Å². The SMILES string of the molecule is CCC(C(C)C)C(C)C(C)(C)CC. The summed E-state index contributed by atoms with van der Waals surface area (Å²) in [5.41, 5.74) is 0.505. The first-order chi connectivity index (χ1) is 5.86. The zero-order chi connectivity index (χ0) is 10.6. The van der Waals surface area contributed by atoms with E-state index in [1.807, 2.05) is 0 Å². The summed E-state index contributed by atoms with van der Waals surface area (Å²) in [7, 11) is 0. The largest absolute Gasteiger partial charge is 0.0651 e. The molecule has 80 valence electrons. The molecule has 0 bridgehead atoms. The average Bonchev–Trinajstić information content (AvgIpc) is 2.05. The molecule has 0 aromatic heterocycles. The predicted octanol–water partition coefficient (Wildman–Crippen LogP) is 4.74. The normalized spacial score (nSPS) is 17.5. The van der Waals surface area contributed by atoms with Gasteiger partial charge in [0.2, 0.25) is 0 Å². The molecule has 0 amide bonds. The van der Waals surface area contributed by atoms with Crippen molar-refractivity contribution in [2.24, 2.45) is 23.2 Å². The van der Waals surface area contributed by atoms with Crippen molar-refractivity contribution in [3.05, 3.63) is 0 Å². The van der Waals surface area contributed by atoms with Gasteiger partial charge in [0.05, 0.1) is 0 Å². The van der Waals surface area contributed by atoms with Gasteiger partial charge in [-0.05, 0) is 23.2 Å². The van der Waals surface area contributed by atoms with E-state index in [0.717, 1.165) is 17.8 Å². The lowest BCUT2D eigenvalue weighted by Gasteiger charge is -2.38. The molecule has 2 atom stereocenters. The van der Waals surface area contributed by atoms with Crippen molar-refractivity contribution in [1.82, 2.24) is 0 Å². The Balaban J connectivity index is 4.44. The molecule has 0 heteroatoms. The second kappa shape index (κ2) is 5.02. The summed E-state index contributed by atoms with van der Waals surface area (Å²) in [5.74, 6) is 2.54. The Bertz CT molecular complexity index is 133. The first-order valence-corrected chi connectivity index (χ1v) is 5.86.